The smallest absolute Gasteiger partial charge is 0.224 e. The first-order valence-electron chi connectivity index (χ1n) is 10.1. The number of aryl methyl sites for hydroxylation is 1. The summed E-state index contributed by atoms with van der Waals surface area (Å²) in [4.78, 5) is 16.6. The first-order valence-corrected chi connectivity index (χ1v) is 10.5. The van der Waals surface area contributed by atoms with E-state index in [9.17, 15) is 9.18 Å². The highest BCUT2D eigenvalue weighted by molar-refractivity contribution is 6.31. The van der Waals surface area contributed by atoms with E-state index in [1.54, 1.807) is 36.4 Å². The largest absolute Gasteiger partial charge is 0.489 e. The van der Waals surface area contributed by atoms with Gasteiger partial charge in [-0.2, -0.15) is 0 Å². The highest BCUT2D eigenvalue weighted by Crippen LogP contribution is 2.29. The predicted molar refractivity (Wildman–Crippen MR) is 115 cm³/mol. The first kappa shape index (κ1) is 21.3. The van der Waals surface area contributed by atoms with Crippen molar-refractivity contribution < 1.29 is 23.1 Å². The number of rotatable bonds is 8. The normalized spacial score (nSPS) is 15.7. The molecule has 1 saturated heterocycles. The van der Waals surface area contributed by atoms with Gasteiger partial charge in [-0.3, -0.25) is 4.79 Å². The van der Waals surface area contributed by atoms with Crippen molar-refractivity contribution in [3.05, 3.63) is 65.4 Å². The molecule has 2 aromatic carbocycles. The summed E-state index contributed by atoms with van der Waals surface area (Å²) in [6, 6.07) is 11.4. The van der Waals surface area contributed by atoms with Crippen LogP contribution in [-0.2, 0) is 16.0 Å². The van der Waals surface area contributed by atoms with Crippen molar-refractivity contribution in [1.82, 2.24) is 4.98 Å². The summed E-state index contributed by atoms with van der Waals surface area (Å²) in [6.45, 7) is 1.16. The molecule has 0 radical (unpaired) electrons. The fourth-order valence-electron chi connectivity index (χ4n) is 3.33. The van der Waals surface area contributed by atoms with E-state index in [2.05, 4.69) is 10.3 Å². The molecule has 0 spiro atoms. The Morgan fingerprint density at radius 3 is 2.97 bits per heavy atom. The lowest BCUT2D eigenvalue weighted by Crippen LogP contribution is -2.18. The second-order valence-corrected chi connectivity index (χ2v) is 7.67. The summed E-state index contributed by atoms with van der Waals surface area (Å²) in [5.41, 5.74) is 0.826. The van der Waals surface area contributed by atoms with E-state index in [0.717, 1.165) is 19.4 Å². The monoisotopic (exact) mass is 444 g/mol. The Kier molecular flexibility index (Phi) is 6.84. The number of carbonyl (C=O) groups is 1. The van der Waals surface area contributed by atoms with Gasteiger partial charge in [-0.25, -0.2) is 9.37 Å². The van der Waals surface area contributed by atoms with Gasteiger partial charge in [0.25, 0.3) is 0 Å². The van der Waals surface area contributed by atoms with Crippen LogP contribution >= 0.6 is 11.6 Å². The number of ether oxygens (including phenoxy) is 2. The Labute approximate surface area is 184 Å². The number of hydrogen-bond donors (Lipinski definition) is 1. The SMILES string of the molecule is O=C(CCc1ncc(-c2ccccc2F)o1)Nc1cc(Cl)ccc1OCC1CCCO1. The Morgan fingerprint density at radius 2 is 2.16 bits per heavy atom. The van der Waals surface area contributed by atoms with E-state index >= 15 is 0 Å². The molecule has 1 N–H and O–H groups in total. The van der Waals surface area contributed by atoms with Crippen molar-refractivity contribution in [1.29, 1.82) is 0 Å². The zero-order valence-electron chi connectivity index (χ0n) is 16.8. The third kappa shape index (κ3) is 5.62. The third-order valence-electron chi connectivity index (χ3n) is 4.92. The second-order valence-electron chi connectivity index (χ2n) is 7.23. The van der Waals surface area contributed by atoms with Crippen molar-refractivity contribution in [3.8, 4) is 17.1 Å². The van der Waals surface area contributed by atoms with Gasteiger partial charge in [-0.1, -0.05) is 23.7 Å². The fourth-order valence-corrected chi connectivity index (χ4v) is 3.50. The molecule has 1 aliphatic rings. The number of anilines is 1. The molecule has 8 heteroatoms. The van der Waals surface area contributed by atoms with Crippen molar-refractivity contribution in [3.63, 3.8) is 0 Å². The minimum Gasteiger partial charge on any atom is -0.489 e. The van der Waals surface area contributed by atoms with Crippen LogP contribution in [0.4, 0.5) is 10.1 Å². The summed E-state index contributed by atoms with van der Waals surface area (Å²) >= 11 is 6.09. The molecule has 1 aromatic heterocycles. The summed E-state index contributed by atoms with van der Waals surface area (Å²) < 4.78 is 30.9. The zero-order valence-corrected chi connectivity index (χ0v) is 17.5. The molecule has 31 heavy (non-hydrogen) atoms. The molecule has 6 nitrogen and oxygen atoms in total. The summed E-state index contributed by atoms with van der Waals surface area (Å²) in [5, 5.41) is 3.31. The summed E-state index contributed by atoms with van der Waals surface area (Å²) in [6.07, 6.45) is 3.91. The summed E-state index contributed by atoms with van der Waals surface area (Å²) in [5.74, 6) is 0.586. The van der Waals surface area contributed by atoms with Crippen molar-refractivity contribution in [2.45, 2.75) is 31.8 Å². The number of halogens is 2. The molecular formula is C23H22ClFN2O4. The quantitative estimate of drug-likeness (QED) is 0.512. The molecule has 1 unspecified atom stereocenters. The van der Waals surface area contributed by atoms with Crippen molar-refractivity contribution in [2.24, 2.45) is 0 Å². The number of oxazole rings is 1. The van der Waals surface area contributed by atoms with E-state index < -0.39 is 0 Å². The van der Waals surface area contributed by atoms with Gasteiger partial charge in [0, 0.05) is 24.5 Å². The molecule has 1 fully saturated rings. The first-order chi connectivity index (χ1) is 15.1. The van der Waals surface area contributed by atoms with Gasteiger partial charge in [0.1, 0.15) is 18.2 Å². The molecule has 1 aliphatic heterocycles. The van der Waals surface area contributed by atoms with Crippen LogP contribution in [0.5, 0.6) is 5.75 Å². The molecule has 4 rings (SSSR count). The number of benzene rings is 2. The van der Waals surface area contributed by atoms with E-state index in [-0.39, 0.29) is 30.7 Å². The molecule has 162 valence electrons. The third-order valence-corrected chi connectivity index (χ3v) is 5.16. The van der Waals surface area contributed by atoms with Crippen molar-refractivity contribution >= 4 is 23.2 Å². The van der Waals surface area contributed by atoms with Crippen LogP contribution in [0.3, 0.4) is 0 Å². The average Bonchev–Trinajstić information content (AvgIpc) is 3.44. The van der Waals surface area contributed by atoms with E-state index in [0.29, 0.717) is 40.3 Å². The molecular weight excluding hydrogens is 423 g/mol. The highest BCUT2D eigenvalue weighted by atomic mass is 35.5. The maximum absolute atomic E-state index is 13.9. The predicted octanol–water partition coefficient (Wildman–Crippen LogP) is 5.26. The zero-order chi connectivity index (χ0) is 21.6. The number of aromatic nitrogens is 1. The number of carbonyl (C=O) groups excluding carboxylic acids is 1. The Bertz CT molecular complexity index is 1050. The molecule has 1 atom stereocenters. The van der Waals surface area contributed by atoms with Gasteiger partial charge in [0.15, 0.2) is 11.7 Å². The Hall–Kier alpha value is -2.90. The van der Waals surface area contributed by atoms with Gasteiger partial charge in [-0.05, 0) is 43.2 Å². The number of hydrogen-bond acceptors (Lipinski definition) is 5. The number of nitrogens with one attached hydrogen (secondary N) is 1. The van der Waals surface area contributed by atoms with Crippen LogP contribution in [0.15, 0.2) is 53.1 Å². The molecule has 3 aromatic rings. The van der Waals surface area contributed by atoms with Crippen LogP contribution < -0.4 is 10.1 Å². The lowest BCUT2D eigenvalue weighted by atomic mass is 10.2. The van der Waals surface area contributed by atoms with Crippen LogP contribution in [0.25, 0.3) is 11.3 Å². The van der Waals surface area contributed by atoms with Gasteiger partial charge >= 0.3 is 0 Å². The Morgan fingerprint density at radius 1 is 1.29 bits per heavy atom. The van der Waals surface area contributed by atoms with Gasteiger partial charge in [0.05, 0.1) is 23.6 Å². The standard InChI is InChI=1S/C23H22ClFN2O4/c24-15-7-8-20(30-14-16-4-3-11-29-16)19(12-15)27-22(28)9-10-23-26-13-21(31-23)17-5-1-2-6-18(17)25/h1-2,5-8,12-13,16H,3-4,9-11,14H2,(H,27,28). The maximum atomic E-state index is 13.9. The lowest BCUT2D eigenvalue weighted by molar-refractivity contribution is -0.116. The van der Waals surface area contributed by atoms with Crippen LogP contribution in [0, 0.1) is 5.82 Å². The van der Waals surface area contributed by atoms with E-state index in [1.807, 2.05) is 0 Å². The molecule has 2 heterocycles. The number of nitrogens with zero attached hydrogens (tertiary/aromatic N) is 1. The molecule has 1 amide bonds. The van der Waals surface area contributed by atoms with Gasteiger partial charge in [-0.15, -0.1) is 0 Å². The fraction of sp³-hybridized carbons (Fsp3) is 0.304. The maximum Gasteiger partial charge on any atom is 0.224 e. The van der Waals surface area contributed by atoms with E-state index in [4.69, 9.17) is 25.5 Å². The number of amides is 1. The molecule has 0 aliphatic carbocycles. The van der Waals surface area contributed by atoms with Gasteiger partial charge in [0.2, 0.25) is 5.91 Å². The average molecular weight is 445 g/mol. The second kappa shape index (κ2) is 9.94. The lowest BCUT2D eigenvalue weighted by Gasteiger charge is -2.15. The molecule has 0 bridgehead atoms. The van der Waals surface area contributed by atoms with Crippen molar-refractivity contribution in [2.75, 3.05) is 18.5 Å². The van der Waals surface area contributed by atoms with E-state index in [1.165, 1.54) is 12.3 Å². The minimum atomic E-state index is -0.389. The topological polar surface area (TPSA) is 73.6 Å². The summed E-state index contributed by atoms with van der Waals surface area (Å²) in [7, 11) is 0. The van der Waals surface area contributed by atoms with Crippen LogP contribution in [-0.4, -0.2) is 30.2 Å². The van der Waals surface area contributed by atoms with Gasteiger partial charge < -0.3 is 19.2 Å². The van der Waals surface area contributed by atoms with Crippen LogP contribution in [0.2, 0.25) is 5.02 Å². The molecule has 0 saturated carbocycles. The van der Waals surface area contributed by atoms with Crippen LogP contribution in [0.1, 0.15) is 25.2 Å². The highest BCUT2D eigenvalue weighted by Gasteiger charge is 2.18. The minimum absolute atomic E-state index is 0.0629. The Balaban J connectivity index is 1.35.